The Bertz CT molecular complexity index is 2260. The van der Waals surface area contributed by atoms with E-state index in [1.807, 2.05) is 6.07 Å². The van der Waals surface area contributed by atoms with Gasteiger partial charge in [0.05, 0.1) is 22.3 Å². The lowest BCUT2D eigenvalue weighted by Gasteiger charge is -2.13. The quantitative estimate of drug-likeness (QED) is 0.146. The fraction of sp³-hybridized carbons (Fsp3) is 0.0357. The molecule has 0 unspecified atom stereocenters. The molecule has 2 aromatic heterocycles. The van der Waals surface area contributed by atoms with Gasteiger partial charge in [0.2, 0.25) is 23.8 Å². The number of carbonyl (C=O) groups is 1. The van der Waals surface area contributed by atoms with Crippen LogP contribution in [0.2, 0.25) is 0 Å². The van der Waals surface area contributed by atoms with Crippen LogP contribution in [0, 0.1) is 0 Å². The third kappa shape index (κ3) is 5.44. The van der Waals surface area contributed by atoms with Crippen molar-refractivity contribution in [2.24, 2.45) is 0 Å². The molecule has 0 radical (unpaired) electrons. The molecule has 7 rings (SSSR count). The van der Waals surface area contributed by atoms with Gasteiger partial charge in [0.25, 0.3) is 0 Å². The van der Waals surface area contributed by atoms with Gasteiger partial charge in [0.1, 0.15) is 10.1 Å². The van der Waals surface area contributed by atoms with E-state index in [2.05, 4.69) is 46.2 Å². The molecule has 0 spiro atoms. The summed E-state index contributed by atoms with van der Waals surface area (Å²) >= 11 is 0. The molecule has 0 saturated carbocycles. The van der Waals surface area contributed by atoms with Crippen LogP contribution < -0.4 is 27.0 Å². The molecule has 14 nitrogen and oxygen atoms in total. The summed E-state index contributed by atoms with van der Waals surface area (Å²) in [7, 11) is -4.58. The Labute approximate surface area is 242 Å². The van der Waals surface area contributed by atoms with Crippen LogP contribution in [-0.4, -0.2) is 43.8 Å². The van der Waals surface area contributed by atoms with E-state index in [9.17, 15) is 22.6 Å². The standard InChI is InChI=1S/C28H21N9O5S/c38-24-12-16-10-18(4-7-21(16)32-24)30-26-35-25(29-17-3-1-15-11-20(43(40,41)42)6-2-14(15)9-17)36-27(37-26)31-19-5-8-22-23(13-19)34-28(39)33-22/h1-11,13H,12H2,(H,32,38)(H2,33,34,39)(H,40,41,42)(H3,29,30,31,35,36,37)/p-1. The van der Waals surface area contributed by atoms with Crippen molar-refractivity contribution in [2.75, 3.05) is 21.3 Å². The molecule has 0 saturated heterocycles. The number of fused-ring (bicyclic) bond motifs is 3. The van der Waals surface area contributed by atoms with Crippen LogP contribution in [0.1, 0.15) is 5.56 Å². The van der Waals surface area contributed by atoms with E-state index in [0.29, 0.717) is 38.9 Å². The van der Waals surface area contributed by atoms with Crippen molar-refractivity contribution in [3.63, 3.8) is 0 Å². The molecule has 3 heterocycles. The van der Waals surface area contributed by atoms with Crippen molar-refractivity contribution < 1.29 is 17.8 Å². The summed E-state index contributed by atoms with van der Waals surface area (Å²) in [6.07, 6.45) is 0.273. The maximum atomic E-state index is 11.8. The zero-order valence-corrected chi connectivity index (χ0v) is 22.7. The van der Waals surface area contributed by atoms with Gasteiger partial charge >= 0.3 is 5.69 Å². The second-order valence-electron chi connectivity index (χ2n) is 9.80. The van der Waals surface area contributed by atoms with E-state index in [4.69, 9.17) is 0 Å². The number of imidazole rings is 1. The number of aromatic nitrogens is 5. The predicted octanol–water partition coefficient (Wildman–Crippen LogP) is 3.82. The molecule has 1 aliphatic heterocycles. The number of aromatic amines is 2. The predicted molar refractivity (Wildman–Crippen MR) is 159 cm³/mol. The molecule has 43 heavy (non-hydrogen) atoms. The SMILES string of the molecule is O=C1Cc2cc(Nc3nc(Nc4ccc5cc(S(=O)(=O)[O-])ccc5c4)nc(Nc4ccc5[nH]c(=O)[nH]c5c4)n3)ccc2N1. The molecular weight excluding hydrogens is 574 g/mol. The average molecular weight is 595 g/mol. The molecule has 0 fully saturated rings. The number of hydrogen-bond donors (Lipinski definition) is 6. The van der Waals surface area contributed by atoms with E-state index >= 15 is 0 Å². The molecule has 6 N–H and O–H groups in total. The summed E-state index contributed by atoms with van der Waals surface area (Å²) in [5.41, 5.74) is 4.41. The highest BCUT2D eigenvalue weighted by Gasteiger charge is 2.18. The smallest absolute Gasteiger partial charge is 0.323 e. The van der Waals surface area contributed by atoms with Crippen LogP contribution in [0.25, 0.3) is 21.8 Å². The molecule has 214 valence electrons. The van der Waals surface area contributed by atoms with E-state index < -0.39 is 10.1 Å². The number of amides is 1. The van der Waals surface area contributed by atoms with Gasteiger partial charge in [0, 0.05) is 22.7 Å². The van der Waals surface area contributed by atoms with Crippen LogP contribution in [0.5, 0.6) is 0 Å². The Morgan fingerprint density at radius 2 is 1.26 bits per heavy atom. The number of H-pyrrole nitrogens is 2. The van der Waals surface area contributed by atoms with Crippen LogP contribution >= 0.6 is 0 Å². The average Bonchev–Trinajstić information content (AvgIpc) is 3.51. The van der Waals surface area contributed by atoms with E-state index in [-0.39, 0.29) is 40.8 Å². The lowest BCUT2D eigenvalue weighted by atomic mass is 10.1. The van der Waals surface area contributed by atoms with Gasteiger partial charge in [-0.05, 0) is 77.0 Å². The molecule has 1 aliphatic rings. The number of anilines is 7. The highest BCUT2D eigenvalue weighted by Crippen LogP contribution is 2.29. The highest BCUT2D eigenvalue weighted by atomic mass is 32.2. The first-order valence-corrected chi connectivity index (χ1v) is 14.3. The van der Waals surface area contributed by atoms with Crippen LogP contribution in [-0.2, 0) is 21.3 Å². The summed E-state index contributed by atoms with van der Waals surface area (Å²) in [6, 6.07) is 20.0. The zero-order chi connectivity index (χ0) is 29.7. The van der Waals surface area contributed by atoms with Gasteiger partial charge in [-0.2, -0.15) is 15.0 Å². The first-order chi connectivity index (χ1) is 20.6. The maximum Gasteiger partial charge on any atom is 0.323 e. The number of carbonyl (C=O) groups excluding carboxylic acids is 1. The molecule has 0 aliphatic carbocycles. The minimum absolute atomic E-state index is 0.0766. The number of rotatable bonds is 7. The van der Waals surface area contributed by atoms with Gasteiger partial charge < -0.3 is 35.8 Å². The lowest BCUT2D eigenvalue weighted by Crippen LogP contribution is -2.07. The topological polar surface area (TPSA) is 210 Å². The van der Waals surface area contributed by atoms with Gasteiger partial charge in [-0.25, -0.2) is 13.2 Å². The number of nitrogens with one attached hydrogen (secondary N) is 6. The summed E-state index contributed by atoms with van der Waals surface area (Å²) < 4.78 is 34.2. The van der Waals surface area contributed by atoms with Crippen molar-refractivity contribution in [1.82, 2.24) is 24.9 Å². The molecule has 1 amide bonds. The highest BCUT2D eigenvalue weighted by molar-refractivity contribution is 7.85. The Kier molecular flexibility index (Phi) is 6.03. The van der Waals surface area contributed by atoms with Gasteiger partial charge in [-0.1, -0.05) is 12.1 Å². The molecule has 0 atom stereocenters. The van der Waals surface area contributed by atoms with Crippen LogP contribution in [0.3, 0.4) is 0 Å². The van der Waals surface area contributed by atoms with E-state index in [0.717, 1.165) is 11.3 Å². The third-order valence-corrected chi connectivity index (χ3v) is 7.58. The minimum Gasteiger partial charge on any atom is -0.744 e. The fourth-order valence-corrected chi connectivity index (χ4v) is 5.31. The van der Waals surface area contributed by atoms with Crippen LogP contribution in [0.4, 0.5) is 40.6 Å². The van der Waals surface area contributed by atoms with E-state index in [1.165, 1.54) is 12.1 Å². The largest absolute Gasteiger partial charge is 0.744 e. The van der Waals surface area contributed by atoms with Gasteiger partial charge in [-0.15, -0.1) is 0 Å². The summed E-state index contributed by atoms with van der Waals surface area (Å²) in [4.78, 5) is 42.1. The summed E-state index contributed by atoms with van der Waals surface area (Å²) in [5.74, 6) is 0.514. The second-order valence-corrected chi connectivity index (χ2v) is 11.2. The third-order valence-electron chi connectivity index (χ3n) is 6.75. The Hall–Kier alpha value is -5.80. The normalized spacial score (nSPS) is 12.7. The van der Waals surface area contributed by atoms with Crippen molar-refractivity contribution in [1.29, 1.82) is 0 Å². The molecule has 0 bridgehead atoms. The van der Waals surface area contributed by atoms with Crippen molar-refractivity contribution in [2.45, 2.75) is 11.3 Å². The first-order valence-electron chi connectivity index (χ1n) is 12.9. The summed E-state index contributed by atoms with van der Waals surface area (Å²) in [6.45, 7) is 0. The van der Waals surface area contributed by atoms with Crippen molar-refractivity contribution in [3.8, 4) is 0 Å². The minimum atomic E-state index is -4.58. The maximum absolute atomic E-state index is 11.8. The number of hydrogen-bond acceptors (Lipinski definition) is 11. The molecule has 6 aromatic rings. The van der Waals surface area contributed by atoms with Crippen LogP contribution in [0.15, 0.2) is 82.5 Å². The Morgan fingerprint density at radius 3 is 1.98 bits per heavy atom. The molecule has 15 heteroatoms. The lowest BCUT2D eigenvalue weighted by molar-refractivity contribution is -0.115. The molecular formula is C28H20N9O5S-. The number of benzene rings is 4. The Balaban J connectivity index is 1.22. The van der Waals surface area contributed by atoms with Gasteiger partial charge in [-0.3, -0.25) is 4.79 Å². The van der Waals surface area contributed by atoms with Gasteiger partial charge in [0.15, 0.2) is 0 Å². The zero-order valence-electron chi connectivity index (χ0n) is 21.9. The second kappa shape index (κ2) is 9.93. The number of nitrogens with zero attached hydrogens (tertiary/aromatic N) is 3. The first kappa shape index (κ1) is 26.1. The van der Waals surface area contributed by atoms with Crippen molar-refractivity contribution >= 4 is 78.4 Å². The summed E-state index contributed by atoms with van der Waals surface area (Å²) in [5, 5.41) is 13.5. The monoisotopic (exact) mass is 594 g/mol. The fourth-order valence-electron chi connectivity index (χ4n) is 4.81. The Morgan fingerprint density at radius 1 is 0.674 bits per heavy atom. The van der Waals surface area contributed by atoms with E-state index in [1.54, 1.807) is 54.6 Å². The van der Waals surface area contributed by atoms with Crippen molar-refractivity contribution in [3.05, 3.63) is 88.8 Å². The molecule has 4 aromatic carbocycles.